The Morgan fingerprint density at radius 1 is 1.32 bits per heavy atom. The van der Waals surface area contributed by atoms with Crippen molar-refractivity contribution in [1.82, 2.24) is 0 Å². The molecule has 2 aromatic rings. The summed E-state index contributed by atoms with van der Waals surface area (Å²) in [7, 11) is 0. The zero-order valence-corrected chi connectivity index (χ0v) is 11.4. The van der Waals surface area contributed by atoms with E-state index in [2.05, 4.69) is 21.2 Å². The molecule has 19 heavy (non-hydrogen) atoms. The van der Waals surface area contributed by atoms with E-state index in [-0.39, 0.29) is 12.3 Å². The monoisotopic (exact) mass is 326 g/mol. The number of aliphatic hydroxyl groups excluding tert-OH is 1. The Bertz CT molecular complexity index is 597. The number of nitro groups is 1. The number of nitro benzene ring substituents is 1. The van der Waals surface area contributed by atoms with E-state index in [9.17, 15) is 10.1 Å². The molecule has 0 atom stereocenters. The van der Waals surface area contributed by atoms with Gasteiger partial charge in [0.05, 0.1) is 11.5 Å². The van der Waals surface area contributed by atoms with Gasteiger partial charge in [0.25, 0.3) is 5.69 Å². The second-order valence-electron chi connectivity index (χ2n) is 3.80. The van der Waals surface area contributed by atoms with Crippen molar-refractivity contribution in [2.75, 3.05) is 5.32 Å². The Morgan fingerprint density at radius 2 is 2.05 bits per heavy atom. The summed E-state index contributed by atoms with van der Waals surface area (Å²) in [4.78, 5) is 10.2. The number of hydrogen-bond donors (Lipinski definition) is 2. The van der Waals surface area contributed by atoms with Crippen molar-refractivity contribution < 1.29 is 14.4 Å². The number of aliphatic hydroxyl groups is 1. The molecule has 0 saturated heterocycles. The van der Waals surface area contributed by atoms with Crippen LogP contribution in [0.3, 0.4) is 0 Å². The number of anilines is 1. The minimum Gasteiger partial charge on any atom is -0.462 e. The Balaban J connectivity index is 2.05. The molecule has 2 N–H and O–H groups in total. The fourth-order valence-electron chi connectivity index (χ4n) is 1.55. The van der Waals surface area contributed by atoms with Crippen molar-refractivity contribution in [1.29, 1.82) is 0 Å². The van der Waals surface area contributed by atoms with Gasteiger partial charge in [0.15, 0.2) is 0 Å². The van der Waals surface area contributed by atoms with Crippen LogP contribution in [0.5, 0.6) is 0 Å². The first-order chi connectivity index (χ1) is 9.10. The third-order valence-corrected chi connectivity index (χ3v) is 3.15. The standard InChI is InChI=1S/C12H11BrN2O4/c13-11-5-8(15(17)18)1-4-12(11)14-6-9-2-3-10(7-16)19-9/h1-5,14,16H,6-7H2. The smallest absolute Gasteiger partial charge is 0.270 e. The number of nitrogens with zero attached hydrogens (tertiary/aromatic N) is 1. The van der Waals surface area contributed by atoms with Crippen LogP contribution in [-0.4, -0.2) is 10.0 Å². The highest BCUT2D eigenvalue weighted by Crippen LogP contribution is 2.27. The lowest BCUT2D eigenvalue weighted by Crippen LogP contribution is -1.99. The molecular formula is C12H11BrN2O4. The van der Waals surface area contributed by atoms with Crippen molar-refractivity contribution >= 4 is 27.3 Å². The molecule has 0 spiro atoms. The highest BCUT2D eigenvalue weighted by molar-refractivity contribution is 9.10. The van der Waals surface area contributed by atoms with Gasteiger partial charge in [0, 0.05) is 22.3 Å². The third kappa shape index (κ3) is 3.33. The predicted octanol–water partition coefficient (Wildman–Crippen LogP) is 3.05. The largest absolute Gasteiger partial charge is 0.462 e. The summed E-state index contributed by atoms with van der Waals surface area (Å²) in [6, 6.07) is 7.94. The SMILES string of the molecule is O=[N+]([O-])c1ccc(NCc2ccc(CO)o2)c(Br)c1. The number of benzene rings is 1. The van der Waals surface area contributed by atoms with Gasteiger partial charge in [-0.1, -0.05) is 0 Å². The molecule has 2 rings (SSSR count). The summed E-state index contributed by atoms with van der Waals surface area (Å²) < 4.78 is 5.93. The van der Waals surface area contributed by atoms with E-state index in [1.165, 1.54) is 12.1 Å². The van der Waals surface area contributed by atoms with Crippen LogP contribution in [0, 0.1) is 10.1 Å². The van der Waals surface area contributed by atoms with Crippen LogP contribution in [0.15, 0.2) is 39.2 Å². The van der Waals surface area contributed by atoms with Crippen LogP contribution in [0.2, 0.25) is 0 Å². The Morgan fingerprint density at radius 3 is 2.63 bits per heavy atom. The third-order valence-electron chi connectivity index (χ3n) is 2.49. The van der Waals surface area contributed by atoms with Gasteiger partial charge in [-0.2, -0.15) is 0 Å². The van der Waals surface area contributed by atoms with Gasteiger partial charge in [-0.25, -0.2) is 0 Å². The molecule has 0 fully saturated rings. The molecule has 1 heterocycles. The zero-order chi connectivity index (χ0) is 13.8. The minimum absolute atomic E-state index is 0.0259. The van der Waals surface area contributed by atoms with Crippen molar-refractivity contribution in [2.24, 2.45) is 0 Å². The second kappa shape index (κ2) is 5.85. The average Bonchev–Trinajstić information content (AvgIpc) is 2.85. The molecule has 100 valence electrons. The summed E-state index contributed by atoms with van der Waals surface area (Å²) in [5.41, 5.74) is 0.755. The molecular weight excluding hydrogens is 316 g/mol. The van der Waals surface area contributed by atoms with Crippen LogP contribution < -0.4 is 5.32 Å². The number of non-ortho nitro benzene ring substituents is 1. The molecule has 6 nitrogen and oxygen atoms in total. The predicted molar refractivity (Wildman–Crippen MR) is 72.8 cm³/mol. The van der Waals surface area contributed by atoms with Crippen LogP contribution in [0.4, 0.5) is 11.4 Å². The first-order valence-electron chi connectivity index (χ1n) is 5.46. The molecule has 1 aromatic heterocycles. The van der Waals surface area contributed by atoms with Crippen LogP contribution in [-0.2, 0) is 13.2 Å². The van der Waals surface area contributed by atoms with Gasteiger partial charge in [-0.05, 0) is 34.1 Å². The van der Waals surface area contributed by atoms with Gasteiger partial charge in [0.1, 0.15) is 18.1 Å². The summed E-state index contributed by atoms with van der Waals surface area (Å²) in [5.74, 6) is 1.17. The van der Waals surface area contributed by atoms with Gasteiger partial charge in [-0.15, -0.1) is 0 Å². The van der Waals surface area contributed by atoms with Crippen LogP contribution in [0.25, 0.3) is 0 Å². The van der Waals surface area contributed by atoms with Crippen molar-refractivity contribution in [3.63, 3.8) is 0 Å². The molecule has 0 bridgehead atoms. The lowest BCUT2D eigenvalue weighted by molar-refractivity contribution is -0.384. The van der Waals surface area contributed by atoms with E-state index in [1.807, 2.05) is 0 Å². The molecule has 7 heteroatoms. The molecule has 0 saturated carbocycles. The van der Waals surface area contributed by atoms with Gasteiger partial charge < -0.3 is 14.8 Å². The molecule has 0 amide bonds. The maximum absolute atomic E-state index is 10.6. The van der Waals surface area contributed by atoms with Gasteiger partial charge in [0.2, 0.25) is 0 Å². The molecule has 0 radical (unpaired) electrons. The summed E-state index contributed by atoms with van der Waals surface area (Å²) in [6.45, 7) is 0.289. The molecule has 1 aromatic carbocycles. The van der Waals surface area contributed by atoms with E-state index in [1.54, 1.807) is 18.2 Å². The van der Waals surface area contributed by atoms with E-state index in [4.69, 9.17) is 9.52 Å². The van der Waals surface area contributed by atoms with Gasteiger partial charge >= 0.3 is 0 Å². The second-order valence-corrected chi connectivity index (χ2v) is 4.66. The van der Waals surface area contributed by atoms with E-state index < -0.39 is 4.92 Å². The van der Waals surface area contributed by atoms with E-state index in [0.29, 0.717) is 22.5 Å². The van der Waals surface area contributed by atoms with Crippen molar-refractivity contribution in [2.45, 2.75) is 13.2 Å². The molecule has 0 aliphatic rings. The number of furan rings is 1. The van der Waals surface area contributed by atoms with Crippen LogP contribution in [0.1, 0.15) is 11.5 Å². The zero-order valence-electron chi connectivity index (χ0n) is 9.80. The molecule has 0 unspecified atom stereocenters. The number of rotatable bonds is 5. The molecule has 0 aliphatic carbocycles. The Labute approximate surface area is 117 Å². The summed E-state index contributed by atoms with van der Waals surface area (Å²) in [5, 5.41) is 22.6. The van der Waals surface area contributed by atoms with Crippen molar-refractivity contribution in [3.05, 3.63) is 56.4 Å². The first kappa shape index (κ1) is 13.6. The lowest BCUT2D eigenvalue weighted by atomic mass is 10.3. The number of nitrogens with one attached hydrogen (secondary N) is 1. The maximum Gasteiger partial charge on any atom is 0.270 e. The Hall–Kier alpha value is -1.86. The van der Waals surface area contributed by atoms with E-state index in [0.717, 1.165) is 5.69 Å². The number of halogens is 1. The quantitative estimate of drug-likeness (QED) is 0.651. The highest BCUT2D eigenvalue weighted by atomic mass is 79.9. The fourth-order valence-corrected chi connectivity index (χ4v) is 2.05. The normalized spacial score (nSPS) is 10.4. The summed E-state index contributed by atoms with van der Waals surface area (Å²) >= 11 is 3.27. The summed E-state index contributed by atoms with van der Waals surface area (Å²) in [6.07, 6.45) is 0. The molecule has 0 aliphatic heterocycles. The van der Waals surface area contributed by atoms with Crippen LogP contribution >= 0.6 is 15.9 Å². The minimum atomic E-state index is -0.450. The van der Waals surface area contributed by atoms with E-state index >= 15 is 0 Å². The van der Waals surface area contributed by atoms with Crippen molar-refractivity contribution in [3.8, 4) is 0 Å². The lowest BCUT2D eigenvalue weighted by Gasteiger charge is -2.06. The average molecular weight is 327 g/mol. The first-order valence-corrected chi connectivity index (χ1v) is 6.25. The van der Waals surface area contributed by atoms with Gasteiger partial charge in [-0.3, -0.25) is 10.1 Å². The topological polar surface area (TPSA) is 88.5 Å². The Kier molecular flexibility index (Phi) is 4.18. The maximum atomic E-state index is 10.6. The number of hydrogen-bond acceptors (Lipinski definition) is 5. The fraction of sp³-hybridized carbons (Fsp3) is 0.167. The highest BCUT2D eigenvalue weighted by Gasteiger charge is 2.09.